The molecule has 0 saturated carbocycles. The molecule has 152 valence electrons. The van der Waals surface area contributed by atoms with Gasteiger partial charge in [0.25, 0.3) is 0 Å². The molecule has 1 fully saturated rings. The number of sulfonamides is 1. The Kier molecular flexibility index (Phi) is 4.75. The van der Waals surface area contributed by atoms with Crippen LogP contribution < -0.4 is 0 Å². The van der Waals surface area contributed by atoms with E-state index in [4.69, 9.17) is 0 Å². The minimum Gasteiger partial charge on any atom is -0.324 e. The first-order valence-electron chi connectivity index (χ1n) is 10.3. The number of hydrogen-bond donors (Lipinski definition) is 0. The molecule has 29 heavy (non-hydrogen) atoms. The van der Waals surface area contributed by atoms with Gasteiger partial charge in [-0.2, -0.15) is 4.31 Å². The number of fused-ring (bicyclic) bond motifs is 1. The van der Waals surface area contributed by atoms with Crippen molar-refractivity contribution in [2.24, 2.45) is 0 Å². The molecule has 2 aromatic heterocycles. The van der Waals surface area contributed by atoms with Gasteiger partial charge in [-0.3, -0.25) is 0 Å². The molecule has 0 spiro atoms. The van der Waals surface area contributed by atoms with Crippen molar-refractivity contribution in [3.05, 3.63) is 60.4 Å². The molecule has 0 atom stereocenters. The highest BCUT2D eigenvalue weighted by Gasteiger charge is 2.32. The van der Waals surface area contributed by atoms with Crippen LogP contribution in [0.3, 0.4) is 0 Å². The lowest BCUT2D eigenvalue weighted by atomic mass is 9.97. The summed E-state index contributed by atoms with van der Waals surface area (Å²) >= 11 is 0. The molecule has 0 amide bonds. The van der Waals surface area contributed by atoms with Gasteiger partial charge in [0.05, 0.1) is 4.90 Å². The van der Waals surface area contributed by atoms with Gasteiger partial charge in [-0.1, -0.05) is 0 Å². The zero-order chi connectivity index (χ0) is 19.8. The topological polar surface area (TPSA) is 73.0 Å². The van der Waals surface area contributed by atoms with Crippen LogP contribution >= 0.6 is 0 Å². The van der Waals surface area contributed by atoms with Crippen molar-refractivity contribution in [1.82, 2.24) is 23.6 Å². The summed E-state index contributed by atoms with van der Waals surface area (Å²) in [4.78, 5) is 0.353. The van der Waals surface area contributed by atoms with Crippen LogP contribution in [0.2, 0.25) is 0 Å². The summed E-state index contributed by atoms with van der Waals surface area (Å²) in [5.74, 6) is 2.42. The normalized spacial score (nSPS) is 18.6. The van der Waals surface area contributed by atoms with Crippen LogP contribution in [0, 0.1) is 0 Å². The Morgan fingerprint density at radius 1 is 0.897 bits per heavy atom. The number of aromatic nitrogens is 4. The van der Waals surface area contributed by atoms with E-state index in [1.165, 1.54) is 12.8 Å². The highest BCUT2D eigenvalue weighted by atomic mass is 32.2. The number of rotatable bonds is 4. The molecule has 0 N–H and O–H groups in total. The summed E-state index contributed by atoms with van der Waals surface area (Å²) in [7, 11) is -3.48. The van der Waals surface area contributed by atoms with Gasteiger partial charge in [-0.25, -0.2) is 8.42 Å². The van der Waals surface area contributed by atoms with E-state index in [0.29, 0.717) is 18.0 Å². The van der Waals surface area contributed by atoms with E-state index in [9.17, 15) is 8.42 Å². The lowest BCUT2D eigenvalue weighted by molar-refractivity contribution is 0.307. The molecule has 0 bridgehead atoms. The van der Waals surface area contributed by atoms with E-state index in [-0.39, 0.29) is 5.92 Å². The van der Waals surface area contributed by atoms with Crippen molar-refractivity contribution < 1.29 is 8.42 Å². The van der Waals surface area contributed by atoms with Crippen molar-refractivity contribution in [2.75, 3.05) is 13.1 Å². The fraction of sp³-hybridized carbons (Fsp3) is 0.429. The maximum Gasteiger partial charge on any atom is 0.243 e. The van der Waals surface area contributed by atoms with E-state index < -0.39 is 10.0 Å². The molecule has 5 rings (SSSR count). The molecular weight excluding hydrogens is 386 g/mol. The summed E-state index contributed by atoms with van der Waals surface area (Å²) in [6.07, 6.45) is 8.81. The van der Waals surface area contributed by atoms with Gasteiger partial charge in [0.1, 0.15) is 11.6 Å². The lowest BCUT2D eigenvalue weighted by Gasteiger charge is -2.31. The van der Waals surface area contributed by atoms with E-state index >= 15 is 0 Å². The standard InChI is InChI=1S/C21H25N5O2S/c27-29(28,19-8-6-18(7-9-19)24-12-3-4-13-24)25-15-10-17(11-16-25)21-23-22-20-5-1-2-14-26(20)21/h3-4,6-9,12-13,17H,1-2,5,10-11,14-16H2. The fourth-order valence-electron chi connectivity index (χ4n) is 4.43. The second-order valence-corrected chi connectivity index (χ2v) is 9.78. The Morgan fingerprint density at radius 2 is 1.62 bits per heavy atom. The number of nitrogens with zero attached hydrogens (tertiary/aromatic N) is 5. The van der Waals surface area contributed by atoms with Gasteiger partial charge in [0.2, 0.25) is 10.0 Å². The molecular formula is C21H25N5O2S. The van der Waals surface area contributed by atoms with Gasteiger partial charge in [0, 0.05) is 50.1 Å². The monoisotopic (exact) mass is 411 g/mol. The fourth-order valence-corrected chi connectivity index (χ4v) is 5.90. The van der Waals surface area contributed by atoms with E-state index in [1.54, 1.807) is 16.4 Å². The Morgan fingerprint density at radius 3 is 2.34 bits per heavy atom. The van der Waals surface area contributed by atoms with E-state index in [0.717, 1.165) is 43.1 Å². The number of benzene rings is 1. The van der Waals surface area contributed by atoms with Gasteiger partial charge in [0.15, 0.2) is 0 Å². The molecule has 2 aliphatic rings. The first kappa shape index (κ1) is 18.6. The quantitative estimate of drug-likeness (QED) is 0.662. The summed E-state index contributed by atoms with van der Waals surface area (Å²) in [6, 6.07) is 11.0. The minimum atomic E-state index is -3.48. The minimum absolute atomic E-state index is 0.289. The van der Waals surface area contributed by atoms with Crippen molar-refractivity contribution in [2.45, 2.75) is 49.5 Å². The van der Waals surface area contributed by atoms with Gasteiger partial charge in [-0.15, -0.1) is 10.2 Å². The molecule has 0 radical (unpaired) electrons. The van der Waals surface area contributed by atoms with Crippen LogP contribution in [-0.2, 0) is 23.0 Å². The SMILES string of the molecule is O=S(=O)(c1ccc(-n2cccc2)cc1)N1CCC(c2nnc3n2CCCC3)CC1. The molecule has 0 unspecified atom stereocenters. The average Bonchev–Trinajstić information content (AvgIpc) is 3.44. The highest BCUT2D eigenvalue weighted by molar-refractivity contribution is 7.89. The maximum absolute atomic E-state index is 13.1. The smallest absolute Gasteiger partial charge is 0.243 e. The highest BCUT2D eigenvalue weighted by Crippen LogP contribution is 2.31. The van der Waals surface area contributed by atoms with Gasteiger partial charge in [-0.05, 0) is 62.1 Å². The van der Waals surface area contributed by atoms with E-state index in [2.05, 4.69) is 14.8 Å². The van der Waals surface area contributed by atoms with Crippen LogP contribution in [0.4, 0.5) is 0 Å². The number of piperidine rings is 1. The van der Waals surface area contributed by atoms with Crippen LogP contribution in [0.5, 0.6) is 0 Å². The zero-order valence-electron chi connectivity index (χ0n) is 16.3. The van der Waals surface area contributed by atoms with Crippen molar-refractivity contribution in [1.29, 1.82) is 0 Å². The first-order chi connectivity index (χ1) is 14.1. The maximum atomic E-state index is 13.1. The molecule has 2 aliphatic heterocycles. The van der Waals surface area contributed by atoms with Crippen LogP contribution in [-0.4, -0.2) is 45.1 Å². The summed E-state index contributed by atoms with van der Waals surface area (Å²) in [6.45, 7) is 2.03. The predicted molar refractivity (Wildman–Crippen MR) is 109 cm³/mol. The second kappa shape index (κ2) is 7.42. The molecule has 1 saturated heterocycles. The van der Waals surface area contributed by atoms with Gasteiger partial charge >= 0.3 is 0 Å². The van der Waals surface area contributed by atoms with Gasteiger partial charge < -0.3 is 9.13 Å². The second-order valence-electron chi connectivity index (χ2n) is 7.85. The van der Waals surface area contributed by atoms with Crippen LogP contribution in [0.15, 0.2) is 53.7 Å². The molecule has 7 nitrogen and oxygen atoms in total. The molecule has 3 aromatic rings. The number of aryl methyl sites for hydroxylation is 1. The predicted octanol–water partition coefficient (Wildman–Crippen LogP) is 2.97. The van der Waals surface area contributed by atoms with Crippen molar-refractivity contribution in [3.63, 3.8) is 0 Å². The first-order valence-corrected chi connectivity index (χ1v) is 11.7. The third-order valence-corrected chi connectivity index (χ3v) is 8.00. The summed E-state index contributed by atoms with van der Waals surface area (Å²) in [5.41, 5.74) is 0.948. The molecule has 8 heteroatoms. The van der Waals surface area contributed by atoms with Crippen molar-refractivity contribution in [3.8, 4) is 5.69 Å². The van der Waals surface area contributed by atoms with Crippen LogP contribution in [0.1, 0.15) is 43.3 Å². The number of hydrogen-bond acceptors (Lipinski definition) is 4. The van der Waals surface area contributed by atoms with Crippen LogP contribution in [0.25, 0.3) is 5.69 Å². The average molecular weight is 412 g/mol. The summed E-state index contributed by atoms with van der Waals surface area (Å²) in [5, 5.41) is 8.80. The molecule has 0 aliphatic carbocycles. The Balaban J connectivity index is 1.29. The Bertz CT molecular complexity index is 1080. The third-order valence-electron chi connectivity index (χ3n) is 6.08. The third kappa shape index (κ3) is 3.40. The van der Waals surface area contributed by atoms with Crippen molar-refractivity contribution >= 4 is 10.0 Å². The zero-order valence-corrected chi connectivity index (χ0v) is 17.1. The largest absolute Gasteiger partial charge is 0.324 e. The Labute approximate surface area is 171 Å². The molecule has 1 aromatic carbocycles. The Hall–Kier alpha value is -2.45. The summed E-state index contributed by atoms with van der Waals surface area (Å²) < 4.78 is 32.0. The van der Waals surface area contributed by atoms with E-state index in [1.807, 2.05) is 41.2 Å². The lowest BCUT2D eigenvalue weighted by Crippen LogP contribution is -2.38. The molecule has 4 heterocycles.